The first-order valence-electron chi connectivity index (χ1n) is 11.0. The SMILES string of the molecule is C=C[C@H]1CC[C@]2(C)C3CC[C@]4(C)C(=C)CC[C@@]4(C=C)C3CC(=C)[C@@]2(C=C)C1. The molecule has 0 bridgehead atoms. The number of allylic oxidation sites excluding steroid dienone is 5. The molecule has 0 aromatic carbocycles. The highest BCUT2D eigenvalue weighted by Gasteiger charge is 2.68. The maximum absolute atomic E-state index is 4.71. The summed E-state index contributed by atoms with van der Waals surface area (Å²) in [5, 5.41) is 0. The zero-order valence-electron chi connectivity index (χ0n) is 17.7. The summed E-state index contributed by atoms with van der Waals surface area (Å²) in [6, 6.07) is 0. The normalized spacial score (nSPS) is 51.7. The van der Waals surface area contributed by atoms with Crippen LogP contribution in [0, 0.1) is 39.4 Å². The van der Waals surface area contributed by atoms with Crippen molar-refractivity contribution in [3.8, 4) is 0 Å². The van der Waals surface area contributed by atoms with Crippen LogP contribution >= 0.6 is 0 Å². The largest absolute Gasteiger partial charge is 0.103 e. The summed E-state index contributed by atoms with van der Waals surface area (Å²) < 4.78 is 0. The number of rotatable bonds is 3. The lowest BCUT2D eigenvalue weighted by molar-refractivity contribution is -0.131. The second-order valence-corrected chi connectivity index (χ2v) is 10.6. The van der Waals surface area contributed by atoms with Gasteiger partial charge < -0.3 is 0 Å². The van der Waals surface area contributed by atoms with Crippen LogP contribution in [0.25, 0.3) is 0 Å². The molecule has 0 nitrogen and oxygen atoms in total. The van der Waals surface area contributed by atoms with Crippen LogP contribution in [0.1, 0.15) is 65.2 Å². The molecule has 4 aliphatic rings. The Kier molecular flexibility index (Phi) is 4.12. The lowest BCUT2D eigenvalue weighted by Gasteiger charge is -2.68. The summed E-state index contributed by atoms with van der Waals surface area (Å²) in [5.41, 5.74) is 3.64. The van der Waals surface area contributed by atoms with Gasteiger partial charge in [0.2, 0.25) is 0 Å². The van der Waals surface area contributed by atoms with E-state index in [1.54, 1.807) is 0 Å². The molecule has 7 atom stereocenters. The third-order valence-electron chi connectivity index (χ3n) is 10.4. The number of fused-ring (bicyclic) bond motifs is 5. The van der Waals surface area contributed by atoms with Crippen molar-refractivity contribution in [3.63, 3.8) is 0 Å². The Balaban J connectivity index is 1.84. The van der Waals surface area contributed by atoms with Crippen LogP contribution in [0.3, 0.4) is 0 Å². The summed E-state index contributed by atoms with van der Waals surface area (Å²) in [4.78, 5) is 0. The van der Waals surface area contributed by atoms with Gasteiger partial charge >= 0.3 is 0 Å². The molecule has 0 amide bonds. The van der Waals surface area contributed by atoms with E-state index < -0.39 is 0 Å². The van der Waals surface area contributed by atoms with Gasteiger partial charge in [-0.1, -0.05) is 56.4 Å². The van der Waals surface area contributed by atoms with Crippen molar-refractivity contribution in [3.05, 3.63) is 62.3 Å². The highest BCUT2D eigenvalue weighted by atomic mass is 14.7. The Labute approximate surface area is 167 Å². The molecule has 146 valence electrons. The van der Waals surface area contributed by atoms with Crippen molar-refractivity contribution in [2.45, 2.75) is 65.2 Å². The highest BCUT2D eigenvalue weighted by Crippen LogP contribution is 2.76. The van der Waals surface area contributed by atoms with Crippen LogP contribution in [0.4, 0.5) is 0 Å². The van der Waals surface area contributed by atoms with Crippen LogP contribution in [0.5, 0.6) is 0 Å². The van der Waals surface area contributed by atoms with Gasteiger partial charge in [0.25, 0.3) is 0 Å². The van der Waals surface area contributed by atoms with E-state index in [0.29, 0.717) is 11.8 Å². The van der Waals surface area contributed by atoms with E-state index in [1.807, 2.05) is 0 Å². The molecule has 0 aliphatic heterocycles. The molecule has 4 aliphatic carbocycles. The van der Waals surface area contributed by atoms with Crippen LogP contribution < -0.4 is 0 Å². The summed E-state index contributed by atoms with van der Waals surface area (Å²) in [6.45, 7) is 27.1. The van der Waals surface area contributed by atoms with Gasteiger partial charge in [0.15, 0.2) is 0 Å². The average molecular weight is 363 g/mol. The van der Waals surface area contributed by atoms with Crippen molar-refractivity contribution >= 4 is 0 Å². The third kappa shape index (κ3) is 2.00. The second-order valence-electron chi connectivity index (χ2n) is 10.6. The topological polar surface area (TPSA) is 0 Å². The average Bonchev–Trinajstić information content (AvgIpc) is 2.94. The first kappa shape index (κ1) is 19.0. The Morgan fingerprint density at radius 2 is 1.63 bits per heavy atom. The van der Waals surface area contributed by atoms with Gasteiger partial charge in [-0.2, -0.15) is 0 Å². The molecule has 0 aromatic rings. The van der Waals surface area contributed by atoms with E-state index in [4.69, 9.17) is 6.58 Å². The fourth-order valence-corrected chi connectivity index (χ4v) is 8.44. The molecule has 0 radical (unpaired) electrons. The monoisotopic (exact) mass is 362 g/mol. The molecule has 2 unspecified atom stereocenters. The molecule has 0 heterocycles. The zero-order valence-corrected chi connectivity index (χ0v) is 17.7. The van der Waals surface area contributed by atoms with Crippen LogP contribution in [0.2, 0.25) is 0 Å². The van der Waals surface area contributed by atoms with Gasteiger partial charge in [-0.05, 0) is 80.0 Å². The van der Waals surface area contributed by atoms with Gasteiger partial charge in [0.05, 0.1) is 0 Å². The van der Waals surface area contributed by atoms with Crippen LogP contribution in [-0.2, 0) is 0 Å². The summed E-state index contributed by atoms with van der Waals surface area (Å²) in [6.07, 6.45) is 16.6. The fraction of sp³-hybridized carbons (Fsp3) is 0.630. The van der Waals surface area contributed by atoms with Gasteiger partial charge in [-0.25, -0.2) is 0 Å². The standard InChI is InChI=1S/C27H38/c1-8-21-12-14-25(7)22-13-15-24(6)19(4)11-16-26(24,9-2)23(22)17-20(5)27(25,10-3)18-21/h8-10,21-23H,1-5,11-18H2,6-7H3/t21-,22?,23?,24+,25+,26-,27+/m0/s1. The smallest absolute Gasteiger partial charge is 0.0148 e. The molecule has 27 heavy (non-hydrogen) atoms. The zero-order chi connectivity index (χ0) is 19.7. The number of hydrogen-bond acceptors (Lipinski definition) is 0. The van der Waals surface area contributed by atoms with E-state index in [2.05, 4.69) is 58.4 Å². The summed E-state index contributed by atoms with van der Waals surface area (Å²) >= 11 is 0. The van der Waals surface area contributed by atoms with Crippen molar-refractivity contribution in [1.82, 2.24) is 0 Å². The van der Waals surface area contributed by atoms with Crippen molar-refractivity contribution in [2.75, 3.05) is 0 Å². The highest BCUT2D eigenvalue weighted by molar-refractivity contribution is 5.37. The van der Waals surface area contributed by atoms with Crippen LogP contribution in [-0.4, -0.2) is 0 Å². The fourth-order valence-electron chi connectivity index (χ4n) is 8.44. The molecule has 4 saturated carbocycles. The van der Waals surface area contributed by atoms with E-state index in [1.165, 1.54) is 49.7 Å². The predicted molar refractivity (Wildman–Crippen MR) is 117 cm³/mol. The maximum Gasteiger partial charge on any atom is 0.0148 e. The first-order chi connectivity index (χ1) is 12.7. The summed E-state index contributed by atoms with van der Waals surface area (Å²) in [5.74, 6) is 1.97. The van der Waals surface area contributed by atoms with Gasteiger partial charge in [-0.3, -0.25) is 0 Å². The quantitative estimate of drug-likeness (QED) is 0.452. The molecular weight excluding hydrogens is 324 g/mol. The molecule has 0 saturated heterocycles. The lowest BCUT2D eigenvalue weighted by atomic mass is 9.36. The molecule has 0 aromatic heterocycles. The second kappa shape index (κ2) is 5.85. The maximum atomic E-state index is 4.71. The summed E-state index contributed by atoms with van der Waals surface area (Å²) in [7, 11) is 0. The Morgan fingerprint density at radius 1 is 0.889 bits per heavy atom. The molecule has 0 spiro atoms. The van der Waals surface area contributed by atoms with E-state index in [0.717, 1.165) is 18.8 Å². The Hall–Kier alpha value is -1.30. The Morgan fingerprint density at radius 3 is 2.26 bits per heavy atom. The van der Waals surface area contributed by atoms with Gasteiger partial charge in [0.1, 0.15) is 0 Å². The van der Waals surface area contributed by atoms with Crippen LogP contribution in [0.15, 0.2) is 62.3 Å². The van der Waals surface area contributed by atoms with E-state index in [9.17, 15) is 0 Å². The molecule has 0 N–H and O–H groups in total. The Bertz CT molecular complexity index is 724. The minimum atomic E-state index is 0.0665. The minimum Gasteiger partial charge on any atom is -0.103 e. The number of hydrogen-bond donors (Lipinski definition) is 0. The molecule has 4 fully saturated rings. The van der Waals surface area contributed by atoms with Crippen molar-refractivity contribution in [1.29, 1.82) is 0 Å². The third-order valence-corrected chi connectivity index (χ3v) is 10.4. The molecule has 4 rings (SSSR count). The lowest BCUT2D eigenvalue weighted by Crippen LogP contribution is -2.61. The van der Waals surface area contributed by atoms with E-state index >= 15 is 0 Å². The van der Waals surface area contributed by atoms with E-state index in [-0.39, 0.29) is 21.7 Å². The van der Waals surface area contributed by atoms with Gasteiger partial charge in [-0.15, -0.1) is 19.7 Å². The predicted octanol–water partition coefficient (Wildman–Crippen LogP) is 7.67. The minimum absolute atomic E-state index is 0.0665. The van der Waals surface area contributed by atoms with Crippen molar-refractivity contribution < 1.29 is 0 Å². The van der Waals surface area contributed by atoms with Gasteiger partial charge in [0, 0.05) is 10.8 Å². The molecular formula is C27H38. The molecule has 0 heteroatoms. The first-order valence-corrected chi connectivity index (χ1v) is 11.0. The van der Waals surface area contributed by atoms with Crippen molar-refractivity contribution in [2.24, 2.45) is 39.4 Å².